The maximum atomic E-state index is 13.2. The van der Waals surface area contributed by atoms with Crippen molar-refractivity contribution < 1.29 is 13.9 Å². The molecular formula is C16H14FNO2. The number of amides is 1. The van der Waals surface area contributed by atoms with E-state index in [4.69, 9.17) is 4.74 Å². The molecule has 0 saturated carbocycles. The Hall–Kier alpha value is -2.36. The number of halogens is 1. The highest BCUT2D eigenvalue weighted by atomic mass is 19.1. The Kier molecular flexibility index (Phi) is 3.14. The molecule has 1 aliphatic heterocycles. The fourth-order valence-electron chi connectivity index (χ4n) is 2.49. The third-order valence-electron chi connectivity index (χ3n) is 3.50. The summed E-state index contributed by atoms with van der Waals surface area (Å²) in [7, 11) is 1.62. The summed E-state index contributed by atoms with van der Waals surface area (Å²) in [6.45, 7) is 0.609. The number of nitrogens with zero attached hydrogens (tertiary/aromatic N) is 1. The number of carbonyl (C=O) groups is 1. The average molecular weight is 271 g/mol. The number of fused-ring (bicyclic) bond motifs is 1. The summed E-state index contributed by atoms with van der Waals surface area (Å²) < 4.78 is 18.4. The molecule has 1 aliphatic rings. The molecule has 0 fully saturated rings. The molecule has 0 unspecified atom stereocenters. The van der Waals surface area contributed by atoms with Crippen molar-refractivity contribution in [2.24, 2.45) is 0 Å². The van der Waals surface area contributed by atoms with Crippen molar-refractivity contribution in [3.05, 3.63) is 59.4 Å². The number of hydrogen-bond acceptors (Lipinski definition) is 2. The second-order valence-electron chi connectivity index (χ2n) is 4.71. The Morgan fingerprint density at radius 2 is 2.10 bits per heavy atom. The number of rotatable bonds is 2. The summed E-state index contributed by atoms with van der Waals surface area (Å²) in [5.74, 6) is 0.210. The van der Waals surface area contributed by atoms with Crippen molar-refractivity contribution in [3.8, 4) is 5.75 Å². The molecule has 0 N–H and O–H groups in total. The molecule has 0 aromatic heterocycles. The second kappa shape index (κ2) is 4.96. The first kappa shape index (κ1) is 12.7. The Morgan fingerprint density at radius 3 is 2.85 bits per heavy atom. The first-order valence-corrected chi connectivity index (χ1v) is 6.43. The van der Waals surface area contributed by atoms with Gasteiger partial charge in [-0.15, -0.1) is 0 Å². The van der Waals surface area contributed by atoms with Crippen molar-refractivity contribution in [3.63, 3.8) is 0 Å². The summed E-state index contributed by atoms with van der Waals surface area (Å²) >= 11 is 0. The molecule has 102 valence electrons. The second-order valence-corrected chi connectivity index (χ2v) is 4.71. The van der Waals surface area contributed by atoms with Gasteiger partial charge in [-0.1, -0.05) is 6.07 Å². The number of ether oxygens (including phenoxy) is 1. The van der Waals surface area contributed by atoms with E-state index in [2.05, 4.69) is 0 Å². The molecule has 0 bridgehead atoms. The number of hydrogen-bond donors (Lipinski definition) is 0. The lowest BCUT2D eigenvalue weighted by Gasteiger charge is -2.17. The predicted molar refractivity (Wildman–Crippen MR) is 74.8 cm³/mol. The van der Waals surface area contributed by atoms with Crippen LogP contribution < -0.4 is 9.64 Å². The molecule has 3 rings (SSSR count). The maximum Gasteiger partial charge on any atom is 0.258 e. The Labute approximate surface area is 116 Å². The van der Waals surface area contributed by atoms with Crippen molar-refractivity contribution in [1.29, 1.82) is 0 Å². The third kappa shape index (κ3) is 2.13. The first-order chi connectivity index (χ1) is 9.69. The van der Waals surface area contributed by atoms with E-state index < -0.39 is 5.82 Å². The van der Waals surface area contributed by atoms with Gasteiger partial charge in [-0.2, -0.15) is 0 Å². The minimum atomic E-state index is -0.398. The van der Waals surface area contributed by atoms with Crippen molar-refractivity contribution in [2.75, 3.05) is 18.6 Å². The van der Waals surface area contributed by atoms with E-state index in [-0.39, 0.29) is 5.91 Å². The van der Waals surface area contributed by atoms with Crippen LogP contribution in [-0.2, 0) is 6.42 Å². The van der Waals surface area contributed by atoms with Crippen LogP contribution in [0.15, 0.2) is 42.5 Å². The van der Waals surface area contributed by atoms with Gasteiger partial charge < -0.3 is 9.64 Å². The van der Waals surface area contributed by atoms with Gasteiger partial charge in [0, 0.05) is 17.8 Å². The third-order valence-corrected chi connectivity index (χ3v) is 3.50. The molecule has 0 saturated heterocycles. The first-order valence-electron chi connectivity index (χ1n) is 6.43. The van der Waals surface area contributed by atoms with Gasteiger partial charge in [0.25, 0.3) is 5.91 Å². The highest BCUT2D eigenvalue weighted by Crippen LogP contribution is 2.32. The number of benzene rings is 2. The lowest BCUT2D eigenvalue weighted by Crippen LogP contribution is -2.28. The molecule has 0 radical (unpaired) electrons. The van der Waals surface area contributed by atoms with Crippen LogP contribution in [0.4, 0.5) is 10.1 Å². The summed E-state index contributed by atoms with van der Waals surface area (Å²) in [6, 6.07) is 11.4. The highest BCUT2D eigenvalue weighted by molar-refractivity contribution is 6.07. The van der Waals surface area contributed by atoms with E-state index in [0.717, 1.165) is 23.4 Å². The quantitative estimate of drug-likeness (QED) is 0.840. The lowest BCUT2D eigenvalue weighted by atomic mass is 10.1. The molecule has 4 heteroatoms. The van der Waals surface area contributed by atoms with E-state index in [1.54, 1.807) is 24.1 Å². The lowest BCUT2D eigenvalue weighted by molar-refractivity contribution is 0.0989. The van der Waals surface area contributed by atoms with Crippen LogP contribution in [0, 0.1) is 5.82 Å². The zero-order chi connectivity index (χ0) is 14.1. The Bertz CT molecular complexity index is 669. The fraction of sp³-hybridized carbons (Fsp3) is 0.188. The molecule has 0 spiro atoms. The molecule has 0 aliphatic carbocycles. The van der Waals surface area contributed by atoms with Crippen LogP contribution >= 0.6 is 0 Å². The van der Waals surface area contributed by atoms with E-state index in [9.17, 15) is 9.18 Å². The van der Waals surface area contributed by atoms with Crippen LogP contribution in [-0.4, -0.2) is 19.6 Å². The van der Waals surface area contributed by atoms with Gasteiger partial charge in [-0.3, -0.25) is 4.79 Å². The molecular weight excluding hydrogens is 257 g/mol. The minimum absolute atomic E-state index is 0.173. The van der Waals surface area contributed by atoms with Crippen molar-refractivity contribution in [1.82, 2.24) is 0 Å². The van der Waals surface area contributed by atoms with Crippen LogP contribution in [0.1, 0.15) is 15.9 Å². The molecule has 20 heavy (non-hydrogen) atoms. The molecule has 2 aromatic rings. The average Bonchev–Trinajstić information content (AvgIpc) is 2.89. The molecule has 2 aromatic carbocycles. The van der Waals surface area contributed by atoms with Crippen molar-refractivity contribution in [2.45, 2.75) is 6.42 Å². The molecule has 1 amide bonds. The monoisotopic (exact) mass is 271 g/mol. The zero-order valence-electron chi connectivity index (χ0n) is 11.1. The molecule has 0 atom stereocenters. The largest absolute Gasteiger partial charge is 0.497 e. The predicted octanol–water partition coefficient (Wildman–Crippen LogP) is 3.04. The fourth-order valence-corrected chi connectivity index (χ4v) is 2.49. The van der Waals surface area contributed by atoms with Gasteiger partial charge in [0.1, 0.15) is 11.6 Å². The van der Waals surface area contributed by atoms with E-state index in [0.29, 0.717) is 12.1 Å². The van der Waals surface area contributed by atoms with Gasteiger partial charge in [0.05, 0.1) is 7.11 Å². The van der Waals surface area contributed by atoms with Crippen LogP contribution in [0.5, 0.6) is 5.75 Å². The van der Waals surface area contributed by atoms with E-state index in [1.165, 1.54) is 12.1 Å². The van der Waals surface area contributed by atoms with Gasteiger partial charge in [-0.25, -0.2) is 4.39 Å². The summed E-state index contributed by atoms with van der Waals surface area (Å²) in [5.41, 5.74) is 2.32. The van der Waals surface area contributed by atoms with Gasteiger partial charge in [0.2, 0.25) is 0 Å². The smallest absolute Gasteiger partial charge is 0.258 e. The summed E-state index contributed by atoms with van der Waals surface area (Å²) in [4.78, 5) is 14.1. The number of methoxy groups -OCH3 is 1. The zero-order valence-corrected chi connectivity index (χ0v) is 11.1. The van der Waals surface area contributed by atoms with Gasteiger partial charge in [-0.05, 0) is 48.4 Å². The van der Waals surface area contributed by atoms with Crippen LogP contribution in [0.25, 0.3) is 0 Å². The Morgan fingerprint density at radius 1 is 1.25 bits per heavy atom. The highest BCUT2D eigenvalue weighted by Gasteiger charge is 2.25. The van der Waals surface area contributed by atoms with Crippen molar-refractivity contribution >= 4 is 11.6 Å². The standard InChI is InChI=1S/C16H14FNO2/c1-20-14-5-6-15-11(10-14)7-8-18(15)16(19)12-3-2-4-13(17)9-12/h2-6,9-10H,7-8H2,1H3. The normalized spacial score (nSPS) is 13.2. The minimum Gasteiger partial charge on any atom is -0.497 e. The Balaban J connectivity index is 1.93. The summed E-state index contributed by atoms with van der Waals surface area (Å²) in [6.07, 6.45) is 0.785. The number of carbonyl (C=O) groups excluding carboxylic acids is 1. The topological polar surface area (TPSA) is 29.5 Å². The molecule has 3 nitrogen and oxygen atoms in total. The van der Waals surface area contributed by atoms with Gasteiger partial charge in [0.15, 0.2) is 0 Å². The van der Waals surface area contributed by atoms with E-state index in [1.807, 2.05) is 18.2 Å². The molecule has 1 heterocycles. The van der Waals surface area contributed by atoms with Crippen LogP contribution in [0.3, 0.4) is 0 Å². The van der Waals surface area contributed by atoms with Gasteiger partial charge >= 0.3 is 0 Å². The number of anilines is 1. The maximum absolute atomic E-state index is 13.2. The SMILES string of the molecule is COc1ccc2c(c1)CCN2C(=O)c1cccc(F)c1. The summed E-state index contributed by atoms with van der Waals surface area (Å²) in [5, 5.41) is 0. The van der Waals surface area contributed by atoms with Crippen LogP contribution in [0.2, 0.25) is 0 Å². The van der Waals surface area contributed by atoms with E-state index >= 15 is 0 Å².